The molecule has 0 saturated carbocycles. The normalized spacial score (nSPS) is 11.0. The first-order valence-corrected chi connectivity index (χ1v) is 8.99. The van der Waals surface area contributed by atoms with E-state index >= 15 is 0 Å². The van der Waals surface area contributed by atoms with Crippen molar-refractivity contribution in [3.05, 3.63) is 82.0 Å². The minimum atomic E-state index is -0.111. The van der Waals surface area contributed by atoms with Crippen LogP contribution in [0.2, 0.25) is 0 Å². The van der Waals surface area contributed by atoms with Gasteiger partial charge in [-0.1, -0.05) is 18.2 Å². The number of aromatic amines is 1. The second kappa shape index (κ2) is 7.19. The Balaban J connectivity index is 1.58. The minimum absolute atomic E-state index is 0.111. The lowest BCUT2D eigenvalue weighted by Gasteiger charge is -2.18. The summed E-state index contributed by atoms with van der Waals surface area (Å²) in [5, 5.41) is 2.95. The standard InChI is InChI=1S/C21H21N5O2/c1-14-7-6-9-19(26-21(27)25(3)24-26)17(14)13-28-20-11-10-16(15(2)23-20)18-8-4-5-12-22-18/h4-12,24H,13H2,1-3H3. The van der Waals surface area contributed by atoms with Crippen LogP contribution in [0.5, 0.6) is 5.88 Å². The summed E-state index contributed by atoms with van der Waals surface area (Å²) in [4.78, 5) is 21.0. The monoisotopic (exact) mass is 375 g/mol. The van der Waals surface area contributed by atoms with Crippen LogP contribution in [0.4, 0.5) is 0 Å². The highest BCUT2D eigenvalue weighted by molar-refractivity contribution is 5.61. The van der Waals surface area contributed by atoms with Crippen molar-refractivity contribution < 1.29 is 4.74 Å². The number of hydrogen-bond donors (Lipinski definition) is 1. The summed E-state index contributed by atoms with van der Waals surface area (Å²) in [6.45, 7) is 4.25. The van der Waals surface area contributed by atoms with Gasteiger partial charge in [0.25, 0.3) is 0 Å². The van der Waals surface area contributed by atoms with E-state index in [4.69, 9.17) is 4.74 Å². The van der Waals surface area contributed by atoms with Crippen molar-refractivity contribution in [2.75, 3.05) is 0 Å². The van der Waals surface area contributed by atoms with E-state index in [9.17, 15) is 4.79 Å². The summed E-state index contributed by atoms with van der Waals surface area (Å²) in [5.74, 6) is 0.534. The molecule has 4 aromatic rings. The van der Waals surface area contributed by atoms with Gasteiger partial charge in [-0.3, -0.25) is 4.98 Å². The fourth-order valence-corrected chi connectivity index (χ4v) is 3.14. The Morgan fingerprint density at radius 1 is 1.07 bits per heavy atom. The quantitative estimate of drug-likeness (QED) is 0.581. The molecule has 4 rings (SSSR count). The third-order valence-corrected chi connectivity index (χ3v) is 4.72. The molecule has 7 nitrogen and oxygen atoms in total. The molecule has 0 bridgehead atoms. The molecule has 142 valence electrons. The molecular formula is C21H21N5O2. The zero-order chi connectivity index (χ0) is 19.7. The number of pyridine rings is 2. The van der Waals surface area contributed by atoms with Gasteiger partial charge in [0.05, 0.1) is 17.1 Å². The average molecular weight is 375 g/mol. The maximum atomic E-state index is 12.0. The maximum absolute atomic E-state index is 12.0. The average Bonchev–Trinajstić information content (AvgIpc) is 2.71. The van der Waals surface area contributed by atoms with E-state index in [1.54, 1.807) is 13.2 Å². The van der Waals surface area contributed by atoms with E-state index in [0.717, 1.165) is 33.8 Å². The van der Waals surface area contributed by atoms with Crippen LogP contribution in [0, 0.1) is 13.8 Å². The summed E-state index contributed by atoms with van der Waals surface area (Å²) < 4.78 is 8.89. The van der Waals surface area contributed by atoms with E-state index in [0.29, 0.717) is 12.5 Å². The molecule has 0 unspecified atom stereocenters. The summed E-state index contributed by atoms with van der Waals surface area (Å²) in [7, 11) is 1.68. The molecule has 7 heteroatoms. The fraction of sp³-hybridized carbons (Fsp3) is 0.190. The summed E-state index contributed by atoms with van der Waals surface area (Å²) in [6, 6.07) is 15.4. The van der Waals surface area contributed by atoms with Crippen LogP contribution in [0.15, 0.2) is 59.5 Å². The lowest BCUT2D eigenvalue weighted by atomic mass is 10.1. The van der Waals surface area contributed by atoms with Gasteiger partial charge in [0.1, 0.15) is 6.61 Å². The van der Waals surface area contributed by atoms with Crippen LogP contribution in [-0.2, 0) is 13.7 Å². The molecule has 0 aliphatic rings. The molecule has 0 aliphatic carbocycles. The van der Waals surface area contributed by atoms with Crippen molar-refractivity contribution in [1.29, 1.82) is 0 Å². The van der Waals surface area contributed by atoms with Crippen LogP contribution >= 0.6 is 0 Å². The molecule has 0 saturated heterocycles. The number of aryl methyl sites for hydroxylation is 3. The largest absolute Gasteiger partial charge is 0.473 e. The third kappa shape index (κ3) is 3.22. The molecule has 0 atom stereocenters. The number of H-pyrrole nitrogens is 1. The van der Waals surface area contributed by atoms with Crippen molar-refractivity contribution >= 4 is 0 Å². The number of aromatic nitrogens is 5. The van der Waals surface area contributed by atoms with Crippen molar-refractivity contribution in [1.82, 2.24) is 24.5 Å². The Morgan fingerprint density at radius 3 is 2.61 bits per heavy atom. The number of rotatable bonds is 5. The Hall–Kier alpha value is -3.61. The van der Waals surface area contributed by atoms with E-state index in [1.807, 2.05) is 62.4 Å². The first-order chi connectivity index (χ1) is 13.5. The van der Waals surface area contributed by atoms with Crippen molar-refractivity contribution in [2.45, 2.75) is 20.5 Å². The Bertz CT molecular complexity index is 1170. The van der Waals surface area contributed by atoms with E-state index in [2.05, 4.69) is 15.2 Å². The zero-order valence-electron chi connectivity index (χ0n) is 16.0. The van der Waals surface area contributed by atoms with Crippen LogP contribution in [0.25, 0.3) is 16.9 Å². The zero-order valence-corrected chi connectivity index (χ0v) is 16.0. The molecule has 3 aromatic heterocycles. The summed E-state index contributed by atoms with van der Waals surface area (Å²) in [6.07, 6.45) is 1.77. The first kappa shape index (κ1) is 17.8. The molecule has 1 aromatic carbocycles. The van der Waals surface area contributed by atoms with Gasteiger partial charge in [-0.2, -0.15) is 4.68 Å². The Morgan fingerprint density at radius 2 is 1.93 bits per heavy atom. The molecule has 0 radical (unpaired) electrons. The highest BCUT2D eigenvalue weighted by Gasteiger charge is 2.14. The minimum Gasteiger partial charge on any atom is -0.473 e. The highest BCUT2D eigenvalue weighted by Crippen LogP contribution is 2.24. The number of nitrogens with zero attached hydrogens (tertiary/aromatic N) is 4. The van der Waals surface area contributed by atoms with Crippen molar-refractivity contribution in [3.63, 3.8) is 0 Å². The van der Waals surface area contributed by atoms with Gasteiger partial charge in [0.2, 0.25) is 5.88 Å². The SMILES string of the molecule is Cc1cccc(-n2[nH]n(C)c2=O)c1COc1ccc(-c2ccccn2)c(C)n1. The lowest BCUT2D eigenvalue weighted by molar-refractivity contribution is 0.291. The lowest BCUT2D eigenvalue weighted by Crippen LogP contribution is -2.40. The fourth-order valence-electron chi connectivity index (χ4n) is 3.14. The number of ether oxygens (including phenoxy) is 1. The number of benzene rings is 1. The van der Waals surface area contributed by atoms with Crippen LogP contribution < -0.4 is 10.4 Å². The molecule has 0 aliphatic heterocycles. The third-order valence-electron chi connectivity index (χ3n) is 4.72. The van der Waals surface area contributed by atoms with Crippen LogP contribution in [0.1, 0.15) is 16.8 Å². The number of nitrogens with one attached hydrogen (secondary N) is 1. The van der Waals surface area contributed by atoms with Gasteiger partial charge < -0.3 is 4.74 Å². The topological polar surface area (TPSA) is 77.7 Å². The highest BCUT2D eigenvalue weighted by atomic mass is 16.5. The van der Waals surface area contributed by atoms with Gasteiger partial charge in [-0.25, -0.2) is 19.7 Å². The second-order valence-electron chi connectivity index (χ2n) is 6.64. The predicted molar refractivity (Wildman–Crippen MR) is 107 cm³/mol. The Labute approximate surface area is 162 Å². The predicted octanol–water partition coefficient (Wildman–Crippen LogP) is 3.16. The van der Waals surface area contributed by atoms with Crippen LogP contribution in [0.3, 0.4) is 0 Å². The maximum Gasteiger partial charge on any atom is 0.364 e. The smallest absolute Gasteiger partial charge is 0.364 e. The van der Waals surface area contributed by atoms with Gasteiger partial charge in [-0.05, 0) is 43.7 Å². The van der Waals surface area contributed by atoms with E-state index in [1.165, 1.54) is 9.36 Å². The van der Waals surface area contributed by atoms with Crippen molar-refractivity contribution in [3.8, 4) is 22.8 Å². The molecule has 1 N–H and O–H groups in total. The van der Waals surface area contributed by atoms with Gasteiger partial charge in [0, 0.05) is 30.4 Å². The number of hydrogen-bond acceptors (Lipinski definition) is 4. The van der Waals surface area contributed by atoms with E-state index in [-0.39, 0.29) is 5.69 Å². The van der Waals surface area contributed by atoms with Gasteiger partial charge in [0.15, 0.2) is 0 Å². The van der Waals surface area contributed by atoms with Gasteiger partial charge in [-0.15, -0.1) is 0 Å². The molecule has 0 spiro atoms. The molecular weight excluding hydrogens is 354 g/mol. The summed E-state index contributed by atoms with van der Waals surface area (Å²) in [5.41, 5.74) is 5.36. The summed E-state index contributed by atoms with van der Waals surface area (Å²) >= 11 is 0. The van der Waals surface area contributed by atoms with Crippen molar-refractivity contribution in [2.24, 2.45) is 7.05 Å². The second-order valence-corrected chi connectivity index (χ2v) is 6.64. The van der Waals surface area contributed by atoms with E-state index < -0.39 is 0 Å². The molecule has 0 fully saturated rings. The molecule has 28 heavy (non-hydrogen) atoms. The van der Waals surface area contributed by atoms with Gasteiger partial charge >= 0.3 is 5.69 Å². The first-order valence-electron chi connectivity index (χ1n) is 8.99. The van der Waals surface area contributed by atoms with Crippen LogP contribution in [-0.4, -0.2) is 24.5 Å². The molecule has 3 heterocycles. The Kier molecular flexibility index (Phi) is 4.57. The molecule has 0 amide bonds.